The molecule has 0 aromatic heterocycles. The first-order valence-electron chi connectivity index (χ1n) is 6.53. The Balaban J connectivity index is 4.25. The van der Waals surface area contributed by atoms with E-state index in [9.17, 15) is 8.42 Å². The van der Waals surface area contributed by atoms with Gasteiger partial charge < -0.3 is 5.32 Å². The number of nitrogens with zero attached hydrogens (tertiary/aromatic N) is 1. The van der Waals surface area contributed by atoms with Gasteiger partial charge in [0.05, 0.1) is 5.75 Å². The Bertz CT molecular complexity index is 305. The van der Waals surface area contributed by atoms with Crippen LogP contribution in [0.2, 0.25) is 0 Å². The minimum atomic E-state index is -3.11. The van der Waals surface area contributed by atoms with Crippen LogP contribution in [0.1, 0.15) is 33.6 Å². The van der Waals surface area contributed by atoms with E-state index in [-0.39, 0.29) is 11.8 Å². The van der Waals surface area contributed by atoms with Crippen LogP contribution in [0.25, 0.3) is 0 Å². The molecule has 0 radical (unpaired) electrons. The summed E-state index contributed by atoms with van der Waals surface area (Å²) in [7, 11) is -1.41. The van der Waals surface area contributed by atoms with Crippen molar-refractivity contribution >= 4 is 21.8 Å². The van der Waals surface area contributed by atoms with Crippen molar-refractivity contribution in [2.24, 2.45) is 0 Å². The molecule has 0 aromatic rings. The molecule has 0 fully saturated rings. The largest absolute Gasteiger partial charge is 0.314 e. The van der Waals surface area contributed by atoms with Gasteiger partial charge in [-0.25, -0.2) is 12.7 Å². The fourth-order valence-electron chi connectivity index (χ4n) is 1.69. The average molecular weight is 297 g/mol. The Kier molecular flexibility index (Phi) is 9.29. The predicted molar refractivity (Wildman–Crippen MR) is 81.8 cm³/mol. The maximum Gasteiger partial charge on any atom is 0.214 e. The molecule has 0 amide bonds. The van der Waals surface area contributed by atoms with Crippen LogP contribution in [0, 0.1) is 0 Å². The second kappa shape index (κ2) is 9.18. The first-order valence-corrected chi connectivity index (χ1v) is 9.53. The summed E-state index contributed by atoms with van der Waals surface area (Å²) >= 11 is 1.69. The first-order chi connectivity index (χ1) is 8.35. The minimum Gasteiger partial charge on any atom is -0.314 e. The second-order valence-corrected chi connectivity index (χ2v) is 7.87. The summed E-state index contributed by atoms with van der Waals surface area (Å²) in [5.74, 6) is 1.09. The molecule has 0 saturated carbocycles. The van der Waals surface area contributed by atoms with Crippen LogP contribution in [0.5, 0.6) is 0 Å². The third-order valence-corrected chi connectivity index (χ3v) is 5.61. The monoisotopic (exact) mass is 296 g/mol. The Labute approximate surface area is 117 Å². The number of rotatable bonds is 10. The first kappa shape index (κ1) is 18.2. The molecule has 0 saturated heterocycles. The van der Waals surface area contributed by atoms with Gasteiger partial charge in [-0.2, -0.15) is 11.8 Å². The van der Waals surface area contributed by atoms with Crippen molar-refractivity contribution in [2.45, 2.75) is 45.7 Å². The van der Waals surface area contributed by atoms with Crippen molar-refractivity contribution in [1.82, 2.24) is 9.62 Å². The van der Waals surface area contributed by atoms with Gasteiger partial charge in [0.2, 0.25) is 10.0 Å². The van der Waals surface area contributed by atoms with E-state index in [0.717, 1.165) is 18.7 Å². The zero-order valence-electron chi connectivity index (χ0n) is 12.3. The van der Waals surface area contributed by atoms with Gasteiger partial charge in [-0.05, 0) is 25.6 Å². The highest BCUT2D eigenvalue weighted by atomic mass is 32.2. The molecule has 0 rings (SSSR count). The summed E-state index contributed by atoms with van der Waals surface area (Å²) in [5, 5.41) is 3.24. The zero-order chi connectivity index (χ0) is 14.2. The van der Waals surface area contributed by atoms with Crippen molar-refractivity contribution in [3.05, 3.63) is 0 Å². The smallest absolute Gasteiger partial charge is 0.214 e. The number of nitrogens with one attached hydrogen (secondary N) is 1. The van der Waals surface area contributed by atoms with Gasteiger partial charge in [0.15, 0.2) is 0 Å². The van der Waals surface area contributed by atoms with Crippen LogP contribution in [0.4, 0.5) is 0 Å². The summed E-state index contributed by atoms with van der Waals surface area (Å²) < 4.78 is 25.8. The second-order valence-electron chi connectivity index (χ2n) is 4.81. The molecule has 1 unspecified atom stereocenters. The molecular weight excluding hydrogens is 268 g/mol. The molecular formula is C12H28N2O2S2. The van der Waals surface area contributed by atoms with Gasteiger partial charge in [0.25, 0.3) is 0 Å². The molecule has 0 aliphatic carbocycles. The molecule has 0 aliphatic rings. The van der Waals surface area contributed by atoms with Crippen molar-refractivity contribution in [2.75, 3.05) is 31.4 Å². The lowest BCUT2D eigenvalue weighted by atomic mass is 10.3. The topological polar surface area (TPSA) is 49.4 Å². The fourth-order valence-corrected chi connectivity index (χ4v) is 4.10. The van der Waals surface area contributed by atoms with E-state index < -0.39 is 10.0 Å². The molecule has 0 heterocycles. The van der Waals surface area contributed by atoms with Crippen LogP contribution < -0.4 is 5.32 Å². The number of sulfonamides is 1. The molecule has 0 aliphatic heterocycles. The van der Waals surface area contributed by atoms with Crippen LogP contribution in [0.3, 0.4) is 0 Å². The van der Waals surface area contributed by atoms with Gasteiger partial charge in [-0.3, -0.25) is 0 Å². The van der Waals surface area contributed by atoms with Crippen molar-refractivity contribution in [3.63, 3.8) is 0 Å². The lowest BCUT2D eigenvalue weighted by Gasteiger charge is -2.26. The highest BCUT2D eigenvalue weighted by Gasteiger charge is 2.24. The van der Waals surface area contributed by atoms with E-state index in [0.29, 0.717) is 12.5 Å². The zero-order valence-corrected chi connectivity index (χ0v) is 13.9. The SMILES string of the molecule is CCC(CSC)N(C)S(=O)(=O)CCCNC(C)C. The third kappa shape index (κ3) is 6.97. The lowest BCUT2D eigenvalue weighted by molar-refractivity contribution is 0.384. The van der Waals surface area contributed by atoms with Crippen LogP contribution in [0.15, 0.2) is 0 Å². The molecule has 1 N–H and O–H groups in total. The third-order valence-electron chi connectivity index (χ3n) is 2.91. The normalized spacial score (nSPS) is 14.4. The molecule has 110 valence electrons. The van der Waals surface area contributed by atoms with Gasteiger partial charge in [0.1, 0.15) is 0 Å². The quantitative estimate of drug-likeness (QED) is 0.624. The molecule has 0 bridgehead atoms. The van der Waals surface area contributed by atoms with Gasteiger partial charge >= 0.3 is 0 Å². The highest BCUT2D eigenvalue weighted by molar-refractivity contribution is 7.98. The Morgan fingerprint density at radius 2 is 1.94 bits per heavy atom. The fraction of sp³-hybridized carbons (Fsp3) is 1.00. The predicted octanol–water partition coefficient (Wildman–Crippen LogP) is 1.78. The Morgan fingerprint density at radius 3 is 2.39 bits per heavy atom. The highest BCUT2D eigenvalue weighted by Crippen LogP contribution is 2.13. The van der Waals surface area contributed by atoms with Crippen molar-refractivity contribution in [1.29, 1.82) is 0 Å². The molecule has 4 nitrogen and oxygen atoms in total. The molecule has 6 heteroatoms. The standard InChI is InChI=1S/C12H28N2O2S2/c1-6-12(10-17-5)14(4)18(15,16)9-7-8-13-11(2)3/h11-13H,6-10H2,1-5H3. The van der Waals surface area contributed by atoms with Crippen molar-refractivity contribution in [3.8, 4) is 0 Å². The summed E-state index contributed by atoms with van der Waals surface area (Å²) in [5.41, 5.74) is 0. The van der Waals surface area contributed by atoms with E-state index in [1.54, 1.807) is 23.1 Å². The summed E-state index contributed by atoms with van der Waals surface area (Å²) in [6.45, 7) is 6.91. The van der Waals surface area contributed by atoms with Crippen molar-refractivity contribution < 1.29 is 8.42 Å². The number of thioether (sulfide) groups is 1. The number of hydrogen-bond donors (Lipinski definition) is 1. The van der Waals surface area contributed by atoms with Crippen LogP contribution >= 0.6 is 11.8 Å². The molecule has 0 spiro atoms. The Hall–Kier alpha value is 0.220. The van der Waals surface area contributed by atoms with Crippen LogP contribution in [-0.2, 0) is 10.0 Å². The van der Waals surface area contributed by atoms with Gasteiger partial charge in [-0.15, -0.1) is 0 Å². The lowest BCUT2D eigenvalue weighted by Crippen LogP contribution is -2.40. The summed E-state index contributed by atoms with van der Waals surface area (Å²) in [6.07, 6.45) is 3.54. The summed E-state index contributed by atoms with van der Waals surface area (Å²) in [4.78, 5) is 0. The van der Waals surface area contributed by atoms with Gasteiger partial charge in [0, 0.05) is 24.9 Å². The molecule has 18 heavy (non-hydrogen) atoms. The number of hydrogen-bond acceptors (Lipinski definition) is 4. The van der Waals surface area contributed by atoms with E-state index in [4.69, 9.17) is 0 Å². The maximum atomic E-state index is 12.1. The van der Waals surface area contributed by atoms with E-state index >= 15 is 0 Å². The summed E-state index contributed by atoms with van der Waals surface area (Å²) in [6, 6.07) is 0.522. The van der Waals surface area contributed by atoms with E-state index in [2.05, 4.69) is 19.2 Å². The maximum absolute atomic E-state index is 12.1. The minimum absolute atomic E-state index is 0.114. The molecule has 1 atom stereocenters. The Morgan fingerprint density at radius 1 is 1.33 bits per heavy atom. The average Bonchev–Trinajstić information content (AvgIpc) is 2.30. The molecule has 0 aromatic carbocycles. The van der Waals surface area contributed by atoms with Crippen LogP contribution in [-0.4, -0.2) is 56.2 Å². The van der Waals surface area contributed by atoms with E-state index in [1.807, 2.05) is 13.2 Å². The van der Waals surface area contributed by atoms with Gasteiger partial charge in [-0.1, -0.05) is 20.8 Å². The van der Waals surface area contributed by atoms with E-state index in [1.165, 1.54) is 0 Å².